The molecule has 0 N–H and O–H groups in total. The zero-order chi connectivity index (χ0) is 17.3. The lowest BCUT2D eigenvalue weighted by atomic mass is 9.84. The van der Waals surface area contributed by atoms with Crippen LogP contribution in [-0.4, -0.2) is 12.9 Å². The van der Waals surface area contributed by atoms with Crippen LogP contribution in [0.25, 0.3) is 11.6 Å². The van der Waals surface area contributed by atoms with Gasteiger partial charge in [0.2, 0.25) is 0 Å². The summed E-state index contributed by atoms with van der Waals surface area (Å²) in [4.78, 5) is 12.5. The van der Waals surface area contributed by atoms with Gasteiger partial charge in [0.15, 0.2) is 5.78 Å². The number of carbonyl (C=O) groups is 1. The molecule has 0 atom stereocenters. The third-order valence-electron chi connectivity index (χ3n) is 4.63. The van der Waals surface area contributed by atoms with E-state index in [-0.39, 0.29) is 11.2 Å². The third-order valence-corrected chi connectivity index (χ3v) is 4.63. The highest BCUT2D eigenvalue weighted by Gasteiger charge is 2.24. The van der Waals surface area contributed by atoms with Gasteiger partial charge in [0, 0.05) is 17.6 Å². The average Bonchev–Trinajstić information content (AvgIpc) is 2.56. The Morgan fingerprint density at radius 1 is 1.00 bits per heavy atom. The minimum atomic E-state index is 0.131. The van der Waals surface area contributed by atoms with Crippen LogP contribution < -0.4 is 4.74 Å². The summed E-state index contributed by atoms with van der Waals surface area (Å²) in [5.41, 5.74) is 5.41. The predicted octanol–water partition coefficient (Wildman–Crippen LogP) is 5.05. The van der Waals surface area contributed by atoms with Crippen molar-refractivity contribution in [3.63, 3.8) is 0 Å². The zero-order valence-electron chi connectivity index (χ0n) is 14.8. The molecule has 1 aliphatic carbocycles. The lowest BCUT2D eigenvalue weighted by Crippen LogP contribution is -2.13. The third kappa shape index (κ3) is 3.14. The molecule has 0 heterocycles. The number of Topliss-reactive ketones (excluding diaryl/α,β-unsaturated/α-hetero) is 1. The van der Waals surface area contributed by atoms with Crippen LogP contribution in [0, 0.1) is 0 Å². The van der Waals surface area contributed by atoms with Gasteiger partial charge >= 0.3 is 0 Å². The van der Waals surface area contributed by atoms with E-state index in [0.717, 1.165) is 34.4 Å². The maximum absolute atomic E-state index is 12.5. The van der Waals surface area contributed by atoms with Crippen LogP contribution in [0.3, 0.4) is 0 Å². The van der Waals surface area contributed by atoms with Gasteiger partial charge in [-0.2, -0.15) is 0 Å². The fourth-order valence-electron chi connectivity index (χ4n) is 3.19. The normalized spacial score (nSPS) is 16.2. The molecule has 0 amide bonds. The second kappa shape index (κ2) is 6.27. The number of hydrogen-bond donors (Lipinski definition) is 0. The summed E-state index contributed by atoms with van der Waals surface area (Å²) in [5.74, 6) is 1.07. The smallest absolute Gasteiger partial charge is 0.163 e. The van der Waals surface area contributed by atoms with E-state index < -0.39 is 0 Å². The largest absolute Gasteiger partial charge is 0.496 e. The molecule has 24 heavy (non-hydrogen) atoms. The molecule has 2 aromatic rings. The molecule has 0 aromatic heterocycles. The molecule has 0 fully saturated rings. The van der Waals surface area contributed by atoms with Gasteiger partial charge in [-0.25, -0.2) is 0 Å². The molecule has 0 spiro atoms. The number of rotatable bonds is 2. The van der Waals surface area contributed by atoms with Crippen LogP contribution in [0.5, 0.6) is 5.75 Å². The van der Waals surface area contributed by atoms with Crippen molar-refractivity contribution in [2.75, 3.05) is 7.11 Å². The molecule has 0 unspecified atom stereocenters. The summed E-state index contributed by atoms with van der Waals surface area (Å²) < 4.78 is 5.46. The standard InChI is InChI=1S/C22H24O2/c1-22(2,3)16-10-8-15(9-11-16)14-19-17-6-5-7-21(24-4)18(17)12-13-20(19)23/h5-11,14H,12-13H2,1-4H3/b19-14+. The molecule has 0 saturated heterocycles. The first-order chi connectivity index (χ1) is 11.4. The maximum Gasteiger partial charge on any atom is 0.163 e. The van der Waals surface area contributed by atoms with Crippen LogP contribution in [0.4, 0.5) is 0 Å². The summed E-state index contributed by atoms with van der Waals surface area (Å²) in [6, 6.07) is 14.4. The highest BCUT2D eigenvalue weighted by molar-refractivity contribution is 6.26. The molecule has 0 radical (unpaired) electrons. The topological polar surface area (TPSA) is 26.3 Å². The molecule has 0 aliphatic heterocycles. The molecular formula is C22H24O2. The summed E-state index contributed by atoms with van der Waals surface area (Å²) in [5, 5.41) is 0. The van der Waals surface area contributed by atoms with Gasteiger partial charge in [-0.3, -0.25) is 4.79 Å². The van der Waals surface area contributed by atoms with Crippen molar-refractivity contribution >= 4 is 17.4 Å². The predicted molar refractivity (Wildman–Crippen MR) is 99.3 cm³/mol. The van der Waals surface area contributed by atoms with Gasteiger partial charge in [-0.05, 0) is 40.7 Å². The summed E-state index contributed by atoms with van der Waals surface area (Å²) in [6.45, 7) is 6.61. The minimum Gasteiger partial charge on any atom is -0.496 e. The second-order valence-electron chi connectivity index (χ2n) is 7.34. The Bertz CT molecular complexity index is 790. The Kier molecular flexibility index (Phi) is 4.31. The fourth-order valence-corrected chi connectivity index (χ4v) is 3.19. The molecule has 2 aromatic carbocycles. The molecule has 0 bridgehead atoms. The maximum atomic E-state index is 12.5. The van der Waals surface area contributed by atoms with E-state index in [1.54, 1.807) is 7.11 Å². The highest BCUT2D eigenvalue weighted by Crippen LogP contribution is 2.35. The zero-order valence-corrected chi connectivity index (χ0v) is 14.8. The van der Waals surface area contributed by atoms with Crippen LogP contribution in [-0.2, 0) is 16.6 Å². The molecule has 2 nitrogen and oxygen atoms in total. The van der Waals surface area contributed by atoms with Gasteiger partial charge in [0.25, 0.3) is 0 Å². The van der Waals surface area contributed by atoms with Crippen molar-refractivity contribution in [3.05, 3.63) is 64.7 Å². The monoisotopic (exact) mass is 320 g/mol. The number of carbonyl (C=O) groups excluding carboxylic acids is 1. The van der Waals surface area contributed by atoms with Crippen molar-refractivity contribution in [1.82, 2.24) is 0 Å². The number of fused-ring (bicyclic) bond motifs is 1. The van der Waals surface area contributed by atoms with Crippen molar-refractivity contribution in [2.24, 2.45) is 0 Å². The summed E-state index contributed by atoms with van der Waals surface area (Å²) in [7, 11) is 1.68. The first-order valence-corrected chi connectivity index (χ1v) is 8.42. The highest BCUT2D eigenvalue weighted by atomic mass is 16.5. The molecule has 3 rings (SSSR count). The average molecular weight is 320 g/mol. The van der Waals surface area contributed by atoms with E-state index in [2.05, 4.69) is 45.0 Å². The van der Waals surface area contributed by atoms with Crippen LogP contribution in [0.1, 0.15) is 49.4 Å². The summed E-state index contributed by atoms with van der Waals surface area (Å²) >= 11 is 0. The van der Waals surface area contributed by atoms with Crippen molar-refractivity contribution in [2.45, 2.75) is 39.0 Å². The van der Waals surface area contributed by atoms with E-state index >= 15 is 0 Å². The number of benzene rings is 2. The van der Waals surface area contributed by atoms with Gasteiger partial charge in [-0.15, -0.1) is 0 Å². The van der Waals surface area contributed by atoms with Crippen LogP contribution in [0.15, 0.2) is 42.5 Å². The van der Waals surface area contributed by atoms with Crippen molar-refractivity contribution < 1.29 is 9.53 Å². The molecular weight excluding hydrogens is 296 g/mol. The first-order valence-electron chi connectivity index (χ1n) is 8.42. The quantitative estimate of drug-likeness (QED) is 0.724. The van der Waals surface area contributed by atoms with Crippen molar-refractivity contribution in [1.29, 1.82) is 0 Å². The van der Waals surface area contributed by atoms with E-state index in [1.165, 1.54) is 5.56 Å². The number of ketones is 1. The van der Waals surface area contributed by atoms with E-state index in [1.807, 2.05) is 24.3 Å². The molecule has 0 saturated carbocycles. The Balaban J connectivity index is 2.03. The lowest BCUT2D eigenvalue weighted by Gasteiger charge is -2.21. The van der Waals surface area contributed by atoms with E-state index in [9.17, 15) is 4.79 Å². The number of allylic oxidation sites excluding steroid dienone is 1. The number of hydrogen-bond acceptors (Lipinski definition) is 2. The molecule has 1 aliphatic rings. The Hall–Kier alpha value is -2.35. The fraction of sp³-hybridized carbons (Fsp3) is 0.318. The second-order valence-corrected chi connectivity index (χ2v) is 7.34. The number of methoxy groups -OCH3 is 1. The summed E-state index contributed by atoms with van der Waals surface area (Å²) in [6.07, 6.45) is 3.30. The lowest BCUT2D eigenvalue weighted by molar-refractivity contribution is -0.113. The van der Waals surface area contributed by atoms with Gasteiger partial charge in [-0.1, -0.05) is 57.2 Å². The SMILES string of the molecule is COc1cccc2c1CCC(=O)/C2=C/c1ccc(C(C)(C)C)cc1. The van der Waals surface area contributed by atoms with Gasteiger partial charge in [0.1, 0.15) is 5.75 Å². The first kappa shape index (κ1) is 16.5. The number of ether oxygens (including phenoxy) is 1. The van der Waals surface area contributed by atoms with E-state index in [4.69, 9.17) is 4.74 Å². The Labute approximate surface area is 144 Å². The minimum absolute atomic E-state index is 0.131. The van der Waals surface area contributed by atoms with Crippen LogP contribution in [0.2, 0.25) is 0 Å². The molecule has 2 heteroatoms. The molecule has 124 valence electrons. The van der Waals surface area contributed by atoms with E-state index in [0.29, 0.717) is 6.42 Å². The van der Waals surface area contributed by atoms with Gasteiger partial charge in [0.05, 0.1) is 7.11 Å². The van der Waals surface area contributed by atoms with Crippen LogP contribution >= 0.6 is 0 Å². The Morgan fingerprint density at radius 3 is 2.33 bits per heavy atom. The van der Waals surface area contributed by atoms with Crippen molar-refractivity contribution in [3.8, 4) is 5.75 Å². The Morgan fingerprint density at radius 2 is 1.71 bits per heavy atom. The van der Waals surface area contributed by atoms with Gasteiger partial charge < -0.3 is 4.74 Å².